The van der Waals surface area contributed by atoms with E-state index >= 15 is 0 Å². The molecule has 4 heterocycles. The summed E-state index contributed by atoms with van der Waals surface area (Å²) in [5.74, 6) is 2.66. The molecule has 3 aromatic rings. The summed E-state index contributed by atoms with van der Waals surface area (Å²) >= 11 is 0. The first-order chi connectivity index (χ1) is 11.6. The Kier molecular flexibility index (Phi) is 2.69. The summed E-state index contributed by atoms with van der Waals surface area (Å²) < 4.78 is 11.3. The molecule has 0 aliphatic carbocycles. The van der Waals surface area contributed by atoms with Crippen molar-refractivity contribution in [2.75, 3.05) is 24.6 Å². The molecule has 0 amide bonds. The van der Waals surface area contributed by atoms with Gasteiger partial charge in [-0.3, -0.25) is 0 Å². The second-order valence-corrected chi connectivity index (χ2v) is 6.97. The second kappa shape index (κ2) is 4.69. The van der Waals surface area contributed by atoms with E-state index in [1.54, 1.807) is 0 Å². The van der Waals surface area contributed by atoms with Crippen molar-refractivity contribution in [2.45, 2.75) is 20.3 Å². The average Bonchev–Trinajstić information content (AvgIpc) is 2.92. The van der Waals surface area contributed by atoms with Crippen LogP contribution in [0.4, 0.5) is 5.82 Å². The summed E-state index contributed by atoms with van der Waals surface area (Å²) in [5, 5.41) is 4.97. The molecule has 1 spiro atoms. The zero-order valence-corrected chi connectivity index (χ0v) is 13.7. The zero-order valence-electron chi connectivity index (χ0n) is 13.7. The Bertz CT molecular complexity index is 943. The highest BCUT2D eigenvalue weighted by Crippen LogP contribution is 2.43. The van der Waals surface area contributed by atoms with Gasteiger partial charge in [-0.2, -0.15) is 4.98 Å². The SMILES string of the molecule is Cc1nc(N2CC3(COc4ccccc4C3)C2)c2c(C)noc2n1. The van der Waals surface area contributed by atoms with Gasteiger partial charge in [0.1, 0.15) is 22.8 Å². The van der Waals surface area contributed by atoms with Crippen LogP contribution in [-0.2, 0) is 6.42 Å². The maximum atomic E-state index is 6.00. The van der Waals surface area contributed by atoms with Crippen LogP contribution in [0, 0.1) is 19.3 Å². The van der Waals surface area contributed by atoms with E-state index in [-0.39, 0.29) is 5.41 Å². The first kappa shape index (κ1) is 13.8. The van der Waals surface area contributed by atoms with Crippen LogP contribution < -0.4 is 9.64 Å². The van der Waals surface area contributed by atoms with Gasteiger partial charge in [-0.15, -0.1) is 0 Å². The number of para-hydroxylation sites is 1. The quantitative estimate of drug-likeness (QED) is 0.686. The number of benzene rings is 1. The van der Waals surface area contributed by atoms with E-state index in [4.69, 9.17) is 9.26 Å². The normalized spacial score (nSPS) is 18.3. The topological polar surface area (TPSA) is 64.3 Å². The summed E-state index contributed by atoms with van der Waals surface area (Å²) in [4.78, 5) is 11.3. The molecule has 6 nitrogen and oxygen atoms in total. The standard InChI is InChI=1S/C18H18N4O2/c1-11-15-16(19-12(2)20-17(15)24-21-11)22-8-18(9-22)7-13-5-3-4-6-14(13)23-10-18/h3-6H,7-10H2,1-2H3. The third kappa shape index (κ3) is 1.92. The molecule has 2 aliphatic heterocycles. The molecule has 6 heteroatoms. The lowest BCUT2D eigenvalue weighted by Crippen LogP contribution is -2.61. The van der Waals surface area contributed by atoms with Crippen LogP contribution in [0.1, 0.15) is 17.1 Å². The smallest absolute Gasteiger partial charge is 0.263 e. The average molecular weight is 322 g/mol. The van der Waals surface area contributed by atoms with Gasteiger partial charge in [0.15, 0.2) is 0 Å². The molecule has 1 saturated heterocycles. The van der Waals surface area contributed by atoms with Crippen LogP contribution in [-0.4, -0.2) is 34.8 Å². The second-order valence-electron chi connectivity index (χ2n) is 6.97. The van der Waals surface area contributed by atoms with Crippen molar-refractivity contribution in [3.05, 3.63) is 41.3 Å². The van der Waals surface area contributed by atoms with E-state index in [0.717, 1.165) is 48.8 Å². The van der Waals surface area contributed by atoms with Gasteiger partial charge >= 0.3 is 0 Å². The molecule has 0 saturated carbocycles. The molecule has 122 valence electrons. The van der Waals surface area contributed by atoms with Gasteiger partial charge in [-0.05, 0) is 31.9 Å². The molecular formula is C18H18N4O2. The minimum atomic E-state index is 0.171. The minimum absolute atomic E-state index is 0.171. The number of fused-ring (bicyclic) bond motifs is 2. The third-order valence-electron chi connectivity index (χ3n) is 5.02. The lowest BCUT2D eigenvalue weighted by Gasteiger charge is -2.52. The van der Waals surface area contributed by atoms with Crippen molar-refractivity contribution in [2.24, 2.45) is 5.41 Å². The summed E-state index contributed by atoms with van der Waals surface area (Å²) in [6.45, 7) is 6.44. The summed E-state index contributed by atoms with van der Waals surface area (Å²) in [5.41, 5.74) is 2.88. The summed E-state index contributed by atoms with van der Waals surface area (Å²) in [6, 6.07) is 8.32. The molecule has 0 radical (unpaired) electrons. The summed E-state index contributed by atoms with van der Waals surface area (Å²) in [7, 11) is 0. The van der Waals surface area contributed by atoms with Crippen LogP contribution in [0.25, 0.3) is 11.1 Å². The van der Waals surface area contributed by atoms with E-state index in [1.807, 2.05) is 19.9 Å². The number of aromatic nitrogens is 3. The van der Waals surface area contributed by atoms with Crippen molar-refractivity contribution in [3.63, 3.8) is 0 Å². The number of hydrogen-bond acceptors (Lipinski definition) is 6. The van der Waals surface area contributed by atoms with Crippen LogP contribution >= 0.6 is 0 Å². The summed E-state index contributed by atoms with van der Waals surface area (Å²) in [6.07, 6.45) is 1.05. The fourth-order valence-electron chi connectivity index (χ4n) is 3.89. The molecular weight excluding hydrogens is 304 g/mol. The Morgan fingerprint density at radius 3 is 2.83 bits per heavy atom. The fraction of sp³-hybridized carbons (Fsp3) is 0.389. The molecule has 0 atom stereocenters. The maximum absolute atomic E-state index is 6.00. The lowest BCUT2D eigenvalue weighted by molar-refractivity contribution is 0.0876. The van der Waals surface area contributed by atoms with Crippen molar-refractivity contribution >= 4 is 16.9 Å². The van der Waals surface area contributed by atoms with Crippen LogP contribution in [0.3, 0.4) is 0 Å². The van der Waals surface area contributed by atoms with Crippen molar-refractivity contribution in [1.29, 1.82) is 0 Å². The van der Waals surface area contributed by atoms with Gasteiger partial charge in [0, 0.05) is 18.5 Å². The predicted molar refractivity (Wildman–Crippen MR) is 89.4 cm³/mol. The highest BCUT2D eigenvalue weighted by molar-refractivity contribution is 5.88. The van der Waals surface area contributed by atoms with Gasteiger partial charge in [0.2, 0.25) is 0 Å². The van der Waals surface area contributed by atoms with Crippen LogP contribution in [0.2, 0.25) is 0 Å². The number of ether oxygens (including phenoxy) is 1. The third-order valence-corrected chi connectivity index (χ3v) is 5.02. The molecule has 2 aromatic heterocycles. The van der Waals surface area contributed by atoms with Gasteiger partial charge in [-0.25, -0.2) is 4.98 Å². The Labute approximate surface area is 139 Å². The maximum Gasteiger partial charge on any atom is 0.263 e. The minimum Gasteiger partial charge on any atom is -0.493 e. The number of nitrogens with zero attached hydrogens (tertiary/aromatic N) is 4. The lowest BCUT2D eigenvalue weighted by atomic mass is 9.74. The van der Waals surface area contributed by atoms with E-state index in [9.17, 15) is 0 Å². The van der Waals surface area contributed by atoms with E-state index in [1.165, 1.54) is 5.56 Å². The zero-order chi connectivity index (χ0) is 16.3. The molecule has 0 unspecified atom stereocenters. The number of anilines is 1. The van der Waals surface area contributed by atoms with Gasteiger partial charge in [-0.1, -0.05) is 23.4 Å². The molecule has 0 N–H and O–H groups in total. The number of aryl methyl sites for hydroxylation is 2. The molecule has 1 fully saturated rings. The fourth-order valence-corrected chi connectivity index (χ4v) is 3.89. The van der Waals surface area contributed by atoms with Crippen LogP contribution in [0.5, 0.6) is 5.75 Å². The van der Waals surface area contributed by atoms with E-state index in [2.05, 4.69) is 38.2 Å². The predicted octanol–water partition coefficient (Wildman–Crippen LogP) is 2.68. The van der Waals surface area contributed by atoms with Crippen molar-refractivity contribution in [1.82, 2.24) is 15.1 Å². The molecule has 5 rings (SSSR count). The largest absolute Gasteiger partial charge is 0.493 e. The molecule has 0 bridgehead atoms. The molecule has 1 aromatic carbocycles. The monoisotopic (exact) mass is 322 g/mol. The number of rotatable bonds is 1. The highest BCUT2D eigenvalue weighted by atomic mass is 16.5. The molecule has 2 aliphatic rings. The Morgan fingerprint density at radius 2 is 1.96 bits per heavy atom. The van der Waals surface area contributed by atoms with E-state index < -0.39 is 0 Å². The van der Waals surface area contributed by atoms with E-state index in [0.29, 0.717) is 11.5 Å². The molecule has 24 heavy (non-hydrogen) atoms. The Morgan fingerprint density at radius 1 is 1.12 bits per heavy atom. The van der Waals surface area contributed by atoms with Crippen LogP contribution in [0.15, 0.2) is 28.8 Å². The highest BCUT2D eigenvalue weighted by Gasteiger charge is 2.47. The van der Waals surface area contributed by atoms with Gasteiger partial charge in [0.05, 0.1) is 12.3 Å². The first-order valence-corrected chi connectivity index (χ1v) is 8.20. The van der Waals surface area contributed by atoms with Gasteiger partial charge < -0.3 is 14.2 Å². The Balaban J connectivity index is 1.46. The Hall–Kier alpha value is -2.63. The van der Waals surface area contributed by atoms with Crippen molar-refractivity contribution in [3.8, 4) is 5.75 Å². The number of hydrogen-bond donors (Lipinski definition) is 0. The first-order valence-electron chi connectivity index (χ1n) is 8.20. The van der Waals surface area contributed by atoms with Crippen molar-refractivity contribution < 1.29 is 9.26 Å². The van der Waals surface area contributed by atoms with Gasteiger partial charge in [0.25, 0.3) is 5.71 Å².